The van der Waals surface area contributed by atoms with Crippen LogP contribution in [0.15, 0.2) is 22.6 Å². The number of carbonyl (C=O) groups is 1. The van der Waals surface area contributed by atoms with Gasteiger partial charge in [-0.1, -0.05) is 0 Å². The highest BCUT2D eigenvalue weighted by molar-refractivity contribution is 5.99. The normalized spacial score (nSPS) is 10.3. The molecule has 0 aliphatic heterocycles. The van der Waals surface area contributed by atoms with Crippen molar-refractivity contribution in [2.75, 3.05) is 12.8 Å². The molecule has 0 saturated carbocycles. The van der Waals surface area contributed by atoms with Crippen LogP contribution in [-0.4, -0.2) is 18.0 Å². The zero-order chi connectivity index (χ0) is 14.7. The first kappa shape index (κ1) is 13.9. The number of aromatic nitrogens is 1. The molecule has 1 amide bonds. The van der Waals surface area contributed by atoms with Crippen LogP contribution in [0, 0.1) is 13.8 Å². The second kappa shape index (κ2) is 5.64. The summed E-state index contributed by atoms with van der Waals surface area (Å²) in [5.41, 5.74) is 7.39. The molecule has 1 heterocycles. The Morgan fingerprint density at radius 1 is 1.45 bits per heavy atom. The fourth-order valence-corrected chi connectivity index (χ4v) is 1.74. The molecule has 0 radical (unpaired) electrons. The molecule has 0 bridgehead atoms. The van der Waals surface area contributed by atoms with E-state index in [4.69, 9.17) is 14.9 Å². The Bertz CT molecular complexity index is 615. The van der Waals surface area contributed by atoms with Crippen LogP contribution in [0.1, 0.15) is 27.7 Å². The molecule has 0 atom stereocenters. The van der Waals surface area contributed by atoms with E-state index in [1.54, 1.807) is 25.3 Å². The number of carbonyl (C=O) groups excluding carboxylic acids is 1. The molecule has 0 spiro atoms. The maximum Gasteiger partial charge on any atom is 0.253 e. The maximum atomic E-state index is 12.0. The maximum absolute atomic E-state index is 12.0. The van der Waals surface area contributed by atoms with Crippen molar-refractivity contribution in [1.29, 1.82) is 0 Å². The molecule has 1 aromatic heterocycles. The summed E-state index contributed by atoms with van der Waals surface area (Å²) in [4.78, 5) is 16.2. The van der Waals surface area contributed by atoms with E-state index in [1.165, 1.54) is 0 Å². The SMILES string of the molecule is COc1ccc(C(=O)NCc2nc(C)c(C)o2)c(N)c1. The number of hydrogen-bond donors (Lipinski definition) is 2. The number of nitrogens with two attached hydrogens (primary N) is 1. The number of ether oxygens (including phenoxy) is 1. The largest absolute Gasteiger partial charge is 0.497 e. The number of anilines is 1. The summed E-state index contributed by atoms with van der Waals surface area (Å²) in [6, 6.07) is 4.91. The van der Waals surface area contributed by atoms with Gasteiger partial charge in [-0.15, -0.1) is 0 Å². The average molecular weight is 275 g/mol. The number of hydrogen-bond acceptors (Lipinski definition) is 5. The molecular weight excluding hydrogens is 258 g/mol. The molecule has 0 unspecified atom stereocenters. The van der Waals surface area contributed by atoms with Gasteiger partial charge in [0.1, 0.15) is 11.5 Å². The van der Waals surface area contributed by atoms with E-state index in [0.717, 1.165) is 11.5 Å². The van der Waals surface area contributed by atoms with Crippen LogP contribution in [0.5, 0.6) is 5.75 Å². The fourth-order valence-electron chi connectivity index (χ4n) is 1.74. The van der Waals surface area contributed by atoms with E-state index in [2.05, 4.69) is 10.3 Å². The number of oxazole rings is 1. The van der Waals surface area contributed by atoms with Crippen LogP contribution in [0.25, 0.3) is 0 Å². The van der Waals surface area contributed by atoms with Gasteiger partial charge in [0.2, 0.25) is 5.89 Å². The van der Waals surface area contributed by atoms with Crippen molar-refractivity contribution in [3.8, 4) is 5.75 Å². The molecule has 6 heteroatoms. The van der Waals surface area contributed by atoms with E-state index in [-0.39, 0.29) is 12.5 Å². The summed E-state index contributed by atoms with van der Waals surface area (Å²) in [6.45, 7) is 3.90. The van der Waals surface area contributed by atoms with Gasteiger partial charge in [-0.05, 0) is 26.0 Å². The van der Waals surface area contributed by atoms with Gasteiger partial charge in [-0.2, -0.15) is 0 Å². The van der Waals surface area contributed by atoms with Gasteiger partial charge in [0, 0.05) is 11.8 Å². The molecule has 0 saturated heterocycles. The Hall–Kier alpha value is -2.50. The molecule has 106 valence electrons. The summed E-state index contributed by atoms with van der Waals surface area (Å²) >= 11 is 0. The highest BCUT2D eigenvalue weighted by Gasteiger charge is 2.12. The lowest BCUT2D eigenvalue weighted by atomic mass is 10.1. The minimum absolute atomic E-state index is 0.221. The van der Waals surface area contributed by atoms with Crippen LogP contribution in [0.4, 0.5) is 5.69 Å². The Balaban J connectivity index is 2.05. The van der Waals surface area contributed by atoms with Crippen LogP contribution < -0.4 is 15.8 Å². The summed E-state index contributed by atoms with van der Waals surface area (Å²) in [5.74, 6) is 1.55. The number of nitrogens with one attached hydrogen (secondary N) is 1. The first-order valence-electron chi connectivity index (χ1n) is 6.16. The monoisotopic (exact) mass is 275 g/mol. The van der Waals surface area contributed by atoms with Gasteiger partial charge in [0.05, 0.1) is 24.9 Å². The smallest absolute Gasteiger partial charge is 0.253 e. The molecular formula is C14H17N3O3. The Kier molecular flexibility index (Phi) is 3.93. The van der Waals surface area contributed by atoms with Gasteiger partial charge in [-0.3, -0.25) is 4.79 Å². The summed E-state index contributed by atoms with van der Waals surface area (Å²) in [5, 5.41) is 2.72. The van der Waals surface area contributed by atoms with E-state index < -0.39 is 0 Å². The molecule has 1 aromatic carbocycles. The van der Waals surface area contributed by atoms with Crippen LogP contribution in [-0.2, 0) is 6.54 Å². The predicted octanol–water partition coefficient (Wildman–Crippen LogP) is 1.81. The first-order chi connectivity index (χ1) is 9.51. The second-order valence-electron chi connectivity index (χ2n) is 4.39. The lowest BCUT2D eigenvalue weighted by Crippen LogP contribution is -2.24. The fraction of sp³-hybridized carbons (Fsp3) is 0.286. The molecule has 2 aromatic rings. The van der Waals surface area contributed by atoms with Crippen molar-refractivity contribution in [3.63, 3.8) is 0 Å². The third-order valence-corrected chi connectivity index (χ3v) is 2.98. The quantitative estimate of drug-likeness (QED) is 0.830. The van der Waals surface area contributed by atoms with Crippen molar-refractivity contribution in [2.24, 2.45) is 0 Å². The van der Waals surface area contributed by atoms with Gasteiger partial charge >= 0.3 is 0 Å². The summed E-state index contributed by atoms with van der Waals surface area (Å²) in [7, 11) is 1.54. The Morgan fingerprint density at radius 2 is 2.20 bits per heavy atom. The topological polar surface area (TPSA) is 90.4 Å². The molecule has 0 fully saturated rings. The first-order valence-corrected chi connectivity index (χ1v) is 6.16. The lowest BCUT2D eigenvalue weighted by Gasteiger charge is -2.07. The van der Waals surface area contributed by atoms with Crippen molar-refractivity contribution in [1.82, 2.24) is 10.3 Å². The zero-order valence-electron chi connectivity index (χ0n) is 11.7. The van der Waals surface area contributed by atoms with Crippen molar-refractivity contribution in [3.05, 3.63) is 41.1 Å². The zero-order valence-corrected chi connectivity index (χ0v) is 11.7. The number of nitrogen functional groups attached to an aromatic ring is 1. The predicted molar refractivity (Wildman–Crippen MR) is 74.6 cm³/mol. The summed E-state index contributed by atoms with van der Waals surface area (Å²) in [6.07, 6.45) is 0. The van der Waals surface area contributed by atoms with E-state index in [0.29, 0.717) is 22.9 Å². The van der Waals surface area contributed by atoms with E-state index >= 15 is 0 Å². The third kappa shape index (κ3) is 2.90. The van der Waals surface area contributed by atoms with Gasteiger partial charge in [0.25, 0.3) is 5.91 Å². The van der Waals surface area contributed by atoms with Crippen LogP contribution >= 0.6 is 0 Å². The molecule has 2 rings (SSSR count). The standard InChI is InChI=1S/C14H17N3O3/c1-8-9(2)20-13(17-8)7-16-14(18)11-5-4-10(19-3)6-12(11)15/h4-6H,7,15H2,1-3H3,(H,16,18). The minimum Gasteiger partial charge on any atom is -0.497 e. The lowest BCUT2D eigenvalue weighted by molar-refractivity contribution is 0.0948. The number of aryl methyl sites for hydroxylation is 2. The van der Waals surface area contributed by atoms with Crippen LogP contribution in [0.3, 0.4) is 0 Å². The van der Waals surface area contributed by atoms with E-state index in [1.807, 2.05) is 13.8 Å². The van der Waals surface area contributed by atoms with Crippen LogP contribution in [0.2, 0.25) is 0 Å². The van der Waals surface area contributed by atoms with Gasteiger partial charge < -0.3 is 20.2 Å². The van der Waals surface area contributed by atoms with Crippen molar-refractivity contribution >= 4 is 11.6 Å². The van der Waals surface area contributed by atoms with Crippen molar-refractivity contribution < 1.29 is 13.9 Å². The molecule has 20 heavy (non-hydrogen) atoms. The second-order valence-corrected chi connectivity index (χ2v) is 4.39. The van der Waals surface area contributed by atoms with Crippen molar-refractivity contribution in [2.45, 2.75) is 20.4 Å². The number of methoxy groups -OCH3 is 1. The molecule has 3 N–H and O–H groups in total. The highest BCUT2D eigenvalue weighted by atomic mass is 16.5. The Morgan fingerprint density at radius 3 is 2.75 bits per heavy atom. The molecule has 6 nitrogen and oxygen atoms in total. The number of benzene rings is 1. The summed E-state index contributed by atoms with van der Waals surface area (Å²) < 4.78 is 10.4. The highest BCUT2D eigenvalue weighted by Crippen LogP contribution is 2.19. The molecule has 0 aliphatic carbocycles. The Labute approximate surface area is 116 Å². The van der Waals surface area contributed by atoms with E-state index in [9.17, 15) is 4.79 Å². The number of rotatable bonds is 4. The number of amides is 1. The van der Waals surface area contributed by atoms with Gasteiger partial charge in [0.15, 0.2) is 0 Å². The minimum atomic E-state index is -0.279. The third-order valence-electron chi connectivity index (χ3n) is 2.98. The average Bonchev–Trinajstić information content (AvgIpc) is 2.75. The molecule has 0 aliphatic rings. The van der Waals surface area contributed by atoms with Gasteiger partial charge in [-0.25, -0.2) is 4.98 Å². The number of nitrogens with zero attached hydrogens (tertiary/aromatic N) is 1.